The van der Waals surface area contributed by atoms with Crippen LogP contribution in [0.4, 0.5) is 15.9 Å². The Labute approximate surface area is 124 Å². The third-order valence-electron chi connectivity index (χ3n) is 2.55. The van der Waals surface area contributed by atoms with Gasteiger partial charge in [0, 0.05) is 10.7 Å². The molecule has 0 radical (unpaired) electrons. The molecule has 8 heteroatoms. The quantitative estimate of drug-likeness (QED) is 0.825. The monoisotopic (exact) mass is 359 g/mol. The molecule has 0 fully saturated rings. The molecule has 20 heavy (non-hydrogen) atoms. The molecule has 0 aliphatic heterocycles. The van der Waals surface area contributed by atoms with Crippen molar-refractivity contribution in [3.05, 3.63) is 46.3 Å². The molecule has 1 aromatic carbocycles. The van der Waals surface area contributed by atoms with Crippen molar-refractivity contribution in [1.29, 1.82) is 0 Å². The van der Waals surface area contributed by atoms with Crippen molar-refractivity contribution in [3.63, 3.8) is 0 Å². The Balaban J connectivity index is 2.43. The van der Waals surface area contributed by atoms with Gasteiger partial charge in [0.2, 0.25) is 0 Å². The molecular formula is C12H11BrFN3O2S. The van der Waals surface area contributed by atoms with E-state index in [1.54, 1.807) is 6.92 Å². The first-order valence-electron chi connectivity index (χ1n) is 5.50. The second kappa shape index (κ2) is 5.37. The van der Waals surface area contributed by atoms with Crippen molar-refractivity contribution < 1.29 is 12.8 Å². The summed E-state index contributed by atoms with van der Waals surface area (Å²) in [4.78, 5) is 3.33. The van der Waals surface area contributed by atoms with Gasteiger partial charge in [0.25, 0.3) is 10.0 Å². The van der Waals surface area contributed by atoms with E-state index in [0.717, 1.165) is 16.1 Å². The Morgan fingerprint density at radius 1 is 1.40 bits per heavy atom. The fraction of sp³-hybridized carbons (Fsp3) is 0.0833. The van der Waals surface area contributed by atoms with Crippen molar-refractivity contribution in [2.45, 2.75) is 11.8 Å². The average Bonchev–Trinajstić information content (AvgIpc) is 2.33. The van der Waals surface area contributed by atoms with Crippen LogP contribution in [0.3, 0.4) is 0 Å². The van der Waals surface area contributed by atoms with E-state index in [1.165, 1.54) is 24.4 Å². The number of sulfonamides is 1. The van der Waals surface area contributed by atoms with Crippen LogP contribution in [-0.2, 0) is 10.0 Å². The number of hydrogen-bond acceptors (Lipinski definition) is 4. The SMILES string of the molecule is Cc1cc(NS(=O)(=O)c2c(N)cccc2F)ncc1Br. The zero-order valence-electron chi connectivity index (χ0n) is 10.4. The van der Waals surface area contributed by atoms with Crippen LogP contribution in [0.25, 0.3) is 0 Å². The lowest BCUT2D eigenvalue weighted by Gasteiger charge is -2.11. The maximum atomic E-state index is 13.7. The molecule has 0 spiro atoms. The van der Waals surface area contributed by atoms with E-state index in [2.05, 4.69) is 25.6 Å². The molecule has 0 saturated carbocycles. The van der Waals surface area contributed by atoms with Crippen molar-refractivity contribution in [3.8, 4) is 0 Å². The third kappa shape index (κ3) is 2.91. The zero-order valence-corrected chi connectivity index (χ0v) is 12.8. The molecular weight excluding hydrogens is 349 g/mol. The largest absolute Gasteiger partial charge is 0.398 e. The van der Waals surface area contributed by atoms with Gasteiger partial charge in [0.15, 0.2) is 0 Å². The molecule has 0 saturated heterocycles. The van der Waals surface area contributed by atoms with Gasteiger partial charge in [-0.15, -0.1) is 0 Å². The topological polar surface area (TPSA) is 85.1 Å². The van der Waals surface area contributed by atoms with Crippen LogP contribution in [-0.4, -0.2) is 13.4 Å². The maximum Gasteiger partial charge on any atom is 0.268 e. The molecule has 0 unspecified atom stereocenters. The summed E-state index contributed by atoms with van der Waals surface area (Å²) in [5, 5.41) is 0. The van der Waals surface area contributed by atoms with E-state index < -0.39 is 20.7 Å². The normalized spacial score (nSPS) is 11.3. The lowest BCUT2D eigenvalue weighted by molar-refractivity contribution is 0.571. The Bertz CT molecular complexity index is 745. The predicted molar refractivity (Wildman–Crippen MR) is 78.3 cm³/mol. The van der Waals surface area contributed by atoms with Gasteiger partial charge in [-0.3, -0.25) is 4.72 Å². The number of hydrogen-bond donors (Lipinski definition) is 2. The summed E-state index contributed by atoms with van der Waals surface area (Å²) in [6, 6.07) is 5.22. The molecule has 0 bridgehead atoms. The van der Waals surface area contributed by atoms with E-state index in [4.69, 9.17) is 5.73 Å². The van der Waals surface area contributed by atoms with E-state index >= 15 is 0 Å². The summed E-state index contributed by atoms with van der Waals surface area (Å²) in [6.07, 6.45) is 1.46. The average molecular weight is 360 g/mol. The second-order valence-electron chi connectivity index (χ2n) is 4.08. The van der Waals surface area contributed by atoms with Crippen molar-refractivity contribution in [2.24, 2.45) is 0 Å². The summed E-state index contributed by atoms with van der Waals surface area (Å²) < 4.78 is 40.9. The number of aryl methyl sites for hydroxylation is 1. The second-order valence-corrected chi connectivity index (χ2v) is 6.56. The summed E-state index contributed by atoms with van der Waals surface area (Å²) in [5.41, 5.74) is 6.16. The number of nitrogen functional groups attached to an aromatic ring is 1. The van der Waals surface area contributed by atoms with Gasteiger partial charge in [0.1, 0.15) is 16.5 Å². The van der Waals surface area contributed by atoms with E-state index in [0.29, 0.717) is 0 Å². The number of benzene rings is 1. The van der Waals surface area contributed by atoms with Crippen LogP contribution in [0.5, 0.6) is 0 Å². The Morgan fingerprint density at radius 3 is 2.70 bits per heavy atom. The minimum absolute atomic E-state index is 0.0911. The van der Waals surface area contributed by atoms with Crippen LogP contribution in [0.15, 0.2) is 39.8 Å². The van der Waals surface area contributed by atoms with Gasteiger partial charge >= 0.3 is 0 Å². The standard InChI is InChI=1S/C12H11BrFN3O2S/c1-7-5-11(16-6-8(7)13)17-20(18,19)12-9(14)3-2-4-10(12)15/h2-6H,15H2,1H3,(H,16,17). The number of nitrogens with one attached hydrogen (secondary N) is 1. The van der Waals surface area contributed by atoms with Gasteiger partial charge in [-0.05, 0) is 46.6 Å². The number of nitrogens with zero attached hydrogens (tertiary/aromatic N) is 1. The van der Waals surface area contributed by atoms with Gasteiger partial charge in [-0.2, -0.15) is 0 Å². The van der Waals surface area contributed by atoms with Crippen LogP contribution in [0.1, 0.15) is 5.56 Å². The number of anilines is 2. The number of pyridine rings is 1. The van der Waals surface area contributed by atoms with Crippen LogP contribution < -0.4 is 10.5 Å². The molecule has 5 nitrogen and oxygen atoms in total. The zero-order chi connectivity index (χ0) is 14.9. The van der Waals surface area contributed by atoms with Gasteiger partial charge in [-0.25, -0.2) is 17.8 Å². The van der Waals surface area contributed by atoms with E-state index in [1.807, 2.05) is 0 Å². The number of aromatic nitrogens is 1. The molecule has 0 aliphatic rings. The molecule has 106 valence electrons. The lowest BCUT2D eigenvalue weighted by Crippen LogP contribution is -2.17. The maximum absolute atomic E-state index is 13.7. The Kier molecular flexibility index (Phi) is 3.96. The highest BCUT2D eigenvalue weighted by Gasteiger charge is 2.22. The highest BCUT2D eigenvalue weighted by Crippen LogP contribution is 2.25. The highest BCUT2D eigenvalue weighted by molar-refractivity contribution is 9.10. The number of rotatable bonds is 3. The molecule has 3 N–H and O–H groups in total. The fourth-order valence-corrected chi connectivity index (χ4v) is 3.00. The summed E-state index contributed by atoms with van der Waals surface area (Å²) in [6.45, 7) is 1.78. The van der Waals surface area contributed by atoms with Crippen LogP contribution >= 0.6 is 15.9 Å². The minimum Gasteiger partial charge on any atom is -0.398 e. The van der Waals surface area contributed by atoms with E-state index in [-0.39, 0.29) is 11.5 Å². The predicted octanol–water partition coefficient (Wildman–Crippen LogP) is 2.67. The van der Waals surface area contributed by atoms with Gasteiger partial charge in [-0.1, -0.05) is 6.07 Å². The first-order chi connectivity index (χ1) is 9.31. The van der Waals surface area contributed by atoms with Crippen LogP contribution in [0, 0.1) is 12.7 Å². The Morgan fingerprint density at radius 2 is 2.10 bits per heavy atom. The molecule has 1 aromatic heterocycles. The highest BCUT2D eigenvalue weighted by atomic mass is 79.9. The van der Waals surface area contributed by atoms with Gasteiger partial charge < -0.3 is 5.73 Å². The van der Waals surface area contributed by atoms with Crippen molar-refractivity contribution in [2.75, 3.05) is 10.5 Å². The summed E-state index contributed by atoms with van der Waals surface area (Å²) >= 11 is 3.26. The first kappa shape index (κ1) is 14.7. The third-order valence-corrected chi connectivity index (χ3v) is 4.83. The van der Waals surface area contributed by atoms with Crippen LogP contribution in [0.2, 0.25) is 0 Å². The van der Waals surface area contributed by atoms with Crippen molar-refractivity contribution in [1.82, 2.24) is 4.98 Å². The summed E-state index contributed by atoms with van der Waals surface area (Å²) in [5.74, 6) is -0.820. The molecule has 1 heterocycles. The van der Waals surface area contributed by atoms with E-state index in [9.17, 15) is 12.8 Å². The van der Waals surface area contributed by atoms with Gasteiger partial charge in [0.05, 0.1) is 5.69 Å². The molecule has 0 amide bonds. The smallest absolute Gasteiger partial charge is 0.268 e. The number of halogens is 2. The fourth-order valence-electron chi connectivity index (χ4n) is 1.59. The van der Waals surface area contributed by atoms with Crippen molar-refractivity contribution >= 4 is 37.5 Å². The molecule has 2 aromatic rings. The number of nitrogens with two attached hydrogens (primary N) is 1. The molecule has 0 atom stereocenters. The first-order valence-corrected chi connectivity index (χ1v) is 7.78. The summed E-state index contributed by atoms with van der Waals surface area (Å²) in [7, 11) is -4.13. The lowest BCUT2D eigenvalue weighted by atomic mass is 10.3. The minimum atomic E-state index is -4.13. The molecule has 2 rings (SSSR count). The Hall–Kier alpha value is -1.67. The molecule has 0 aliphatic carbocycles.